The summed E-state index contributed by atoms with van der Waals surface area (Å²) >= 11 is 0. The number of hydrogen-bond donors (Lipinski definition) is 0. The van der Waals surface area contributed by atoms with Crippen LogP contribution in [0.2, 0.25) is 11.1 Å². The molecule has 0 saturated carbocycles. The van der Waals surface area contributed by atoms with Crippen molar-refractivity contribution >= 4 is 7.28 Å². The van der Waals surface area contributed by atoms with Crippen molar-refractivity contribution in [1.82, 2.24) is 4.90 Å². The molecule has 2 unspecified atom stereocenters. The predicted octanol–water partition coefficient (Wildman–Crippen LogP) is 2.60. The Bertz CT molecular complexity index is 401. The average molecular weight is 230 g/mol. The molecule has 3 heterocycles. The first-order chi connectivity index (χ1) is 8.13. The quantitative estimate of drug-likeness (QED) is 0.593. The van der Waals surface area contributed by atoms with Gasteiger partial charge in [-0.1, -0.05) is 24.5 Å². The molecule has 2 saturated heterocycles. The van der Waals surface area contributed by atoms with Crippen molar-refractivity contribution in [2.75, 3.05) is 20.3 Å². The van der Waals surface area contributed by atoms with E-state index in [0.717, 1.165) is 19.0 Å². The van der Waals surface area contributed by atoms with E-state index in [2.05, 4.69) is 26.2 Å². The Labute approximate surface area is 105 Å². The van der Waals surface area contributed by atoms with Crippen LogP contribution in [0.25, 0.3) is 0 Å². The standard InChI is InChI=1S/C14H21BNO/c1-13-5-3-4-11-10(6-12(13)15-13)7-14(16(11)2)8-17-9-14/h12H,3-9H2,1-2H3. The first-order valence-electron chi connectivity index (χ1n) is 7.02. The molecule has 0 N–H and O–H groups in total. The normalized spacial score (nSPS) is 42.2. The van der Waals surface area contributed by atoms with Gasteiger partial charge >= 0.3 is 0 Å². The van der Waals surface area contributed by atoms with Crippen molar-refractivity contribution in [3.8, 4) is 0 Å². The van der Waals surface area contributed by atoms with E-state index in [1.165, 1.54) is 32.1 Å². The summed E-state index contributed by atoms with van der Waals surface area (Å²) in [5.41, 5.74) is 3.77. The Hall–Kier alpha value is -0.435. The largest absolute Gasteiger partial charge is 0.376 e. The first-order valence-corrected chi connectivity index (χ1v) is 7.02. The third kappa shape index (κ3) is 1.32. The number of fused-ring (bicyclic) bond motifs is 1. The van der Waals surface area contributed by atoms with E-state index in [1.54, 1.807) is 11.3 Å². The second-order valence-corrected chi connectivity index (χ2v) is 6.84. The van der Waals surface area contributed by atoms with Crippen LogP contribution < -0.4 is 0 Å². The molecule has 4 aliphatic rings. The third-order valence-electron chi connectivity index (χ3n) is 5.72. The maximum atomic E-state index is 5.48. The molecular weight excluding hydrogens is 209 g/mol. The predicted molar refractivity (Wildman–Crippen MR) is 69.3 cm³/mol. The minimum atomic E-state index is 0.361. The van der Waals surface area contributed by atoms with E-state index in [1.807, 2.05) is 0 Å². The van der Waals surface area contributed by atoms with E-state index in [0.29, 0.717) is 10.9 Å². The van der Waals surface area contributed by atoms with Gasteiger partial charge in [-0.25, -0.2) is 0 Å². The highest BCUT2D eigenvalue weighted by atomic mass is 16.5. The van der Waals surface area contributed by atoms with Gasteiger partial charge in [-0.15, -0.1) is 0 Å². The van der Waals surface area contributed by atoms with Crippen molar-refractivity contribution in [3.63, 3.8) is 0 Å². The molecule has 1 aliphatic carbocycles. The highest BCUT2D eigenvalue weighted by Crippen LogP contribution is 2.65. The number of allylic oxidation sites excluding steroid dienone is 1. The second kappa shape index (κ2) is 3.11. The number of likely N-dealkylation sites (N-methyl/N-ethyl adjacent to an activating group) is 1. The van der Waals surface area contributed by atoms with Crippen molar-refractivity contribution in [2.24, 2.45) is 0 Å². The SMILES string of the molecule is CN1C2=C(CC3[B]C3(C)CCC2)CC12COC2. The smallest absolute Gasteiger partial charge is 0.121 e. The van der Waals surface area contributed by atoms with Gasteiger partial charge in [0, 0.05) is 12.7 Å². The van der Waals surface area contributed by atoms with Gasteiger partial charge in [-0.2, -0.15) is 0 Å². The number of rotatable bonds is 0. The molecule has 91 valence electrons. The van der Waals surface area contributed by atoms with Gasteiger partial charge in [0.15, 0.2) is 0 Å². The minimum Gasteiger partial charge on any atom is -0.376 e. The molecule has 1 radical (unpaired) electrons. The molecule has 1 spiro atoms. The Morgan fingerprint density at radius 2 is 2.24 bits per heavy atom. The molecule has 0 aromatic carbocycles. The fraction of sp³-hybridized carbons (Fsp3) is 0.857. The lowest BCUT2D eigenvalue weighted by Crippen LogP contribution is -2.57. The molecule has 2 atom stereocenters. The van der Waals surface area contributed by atoms with Crippen molar-refractivity contribution in [2.45, 2.75) is 55.7 Å². The van der Waals surface area contributed by atoms with Gasteiger partial charge < -0.3 is 9.64 Å². The summed E-state index contributed by atoms with van der Waals surface area (Å²) in [6.07, 6.45) is 6.66. The minimum absolute atomic E-state index is 0.361. The Morgan fingerprint density at radius 3 is 2.94 bits per heavy atom. The molecule has 0 bridgehead atoms. The number of nitrogens with zero attached hydrogens (tertiary/aromatic N) is 1. The average Bonchev–Trinajstić information content (AvgIpc) is 2.72. The van der Waals surface area contributed by atoms with E-state index in [9.17, 15) is 0 Å². The van der Waals surface area contributed by atoms with E-state index >= 15 is 0 Å². The zero-order chi connectivity index (χ0) is 11.7. The van der Waals surface area contributed by atoms with E-state index in [-0.39, 0.29) is 0 Å². The lowest BCUT2D eigenvalue weighted by atomic mass is 9.85. The molecule has 0 aromatic rings. The summed E-state index contributed by atoms with van der Waals surface area (Å²) in [5, 5.41) is 0.586. The molecule has 0 aromatic heterocycles. The maximum Gasteiger partial charge on any atom is 0.121 e. The summed E-state index contributed by atoms with van der Waals surface area (Å²) < 4.78 is 5.48. The second-order valence-electron chi connectivity index (χ2n) is 6.84. The molecular formula is C14H21BNO. The molecule has 3 heteroatoms. The topological polar surface area (TPSA) is 12.5 Å². The van der Waals surface area contributed by atoms with E-state index in [4.69, 9.17) is 4.74 Å². The zero-order valence-electron chi connectivity index (χ0n) is 11.0. The summed E-state index contributed by atoms with van der Waals surface area (Å²) in [6, 6.07) is 0. The molecule has 3 aliphatic heterocycles. The van der Waals surface area contributed by atoms with Crippen molar-refractivity contribution < 1.29 is 4.74 Å². The number of ether oxygens (including phenoxy) is 1. The van der Waals surface area contributed by atoms with Crippen LogP contribution in [0.5, 0.6) is 0 Å². The van der Waals surface area contributed by atoms with E-state index < -0.39 is 0 Å². The van der Waals surface area contributed by atoms with Crippen LogP contribution >= 0.6 is 0 Å². The van der Waals surface area contributed by atoms with Crippen molar-refractivity contribution in [1.29, 1.82) is 0 Å². The van der Waals surface area contributed by atoms with Gasteiger partial charge in [0.1, 0.15) is 7.28 Å². The van der Waals surface area contributed by atoms with Gasteiger partial charge in [0.2, 0.25) is 0 Å². The Morgan fingerprint density at radius 1 is 1.41 bits per heavy atom. The van der Waals surface area contributed by atoms with Gasteiger partial charge in [0.25, 0.3) is 0 Å². The lowest BCUT2D eigenvalue weighted by Gasteiger charge is -2.46. The molecule has 17 heavy (non-hydrogen) atoms. The van der Waals surface area contributed by atoms with Crippen LogP contribution in [-0.2, 0) is 4.74 Å². The summed E-state index contributed by atoms with van der Waals surface area (Å²) in [4.78, 5) is 2.57. The van der Waals surface area contributed by atoms with Crippen molar-refractivity contribution in [3.05, 3.63) is 11.3 Å². The summed E-state index contributed by atoms with van der Waals surface area (Å²) in [5.74, 6) is 0.873. The van der Waals surface area contributed by atoms with Crippen LogP contribution in [-0.4, -0.2) is 38.0 Å². The zero-order valence-corrected chi connectivity index (χ0v) is 11.0. The fourth-order valence-electron chi connectivity index (χ4n) is 4.18. The van der Waals surface area contributed by atoms with Gasteiger partial charge in [0.05, 0.1) is 18.8 Å². The van der Waals surface area contributed by atoms with Crippen LogP contribution in [0.15, 0.2) is 11.3 Å². The Balaban J connectivity index is 1.62. The van der Waals surface area contributed by atoms with Crippen LogP contribution in [0, 0.1) is 0 Å². The summed E-state index contributed by atoms with van der Waals surface area (Å²) in [6.45, 7) is 4.34. The van der Waals surface area contributed by atoms with Gasteiger partial charge in [-0.3, -0.25) is 0 Å². The maximum absolute atomic E-state index is 5.48. The molecule has 2 fully saturated rings. The lowest BCUT2D eigenvalue weighted by molar-refractivity contribution is -0.113. The van der Waals surface area contributed by atoms with Crippen LogP contribution in [0.1, 0.15) is 39.0 Å². The monoisotopic (exact) mass is 230 g/mol. The highest BCUT2D eigenvalue weighted by molar-refractivity contribution is 6.56. The molecule has 4 rings (SSSR count). The summed E-state index contributed by atoms with van der Waals surface area (Å²) in [7, 11) is 4.88. The first kappa shape index (κ1) is 10.5. The molecule has 2 nitrogen and oxygen atoms in total. The Kier molecular flexibility index (Phi) is 1.92. The number of hydrogen-bond acceptors (Lipinski definition) is 2. The van der Waals surface area contributed by atoms with Gasteiger partial charge in [-0.05, 0) is 31.3 Å². The van der Waals surface area contributed by atoms with Crippen LogP contribution in [0.3, 0.4) is 0 Å². The fourth-order valence-corrected chi connectivity index (χ4v) is 4.18. The van der Waals surface area contributed by atoms with Crippen LogP contribution in [0.4, 0.5) is 0 Å². The molecule has 0 amide bonds. The third-order valence-corrected chi connectivity index (χ3v) is 5.72. The highest BCUT2D eigenvalue weighted by Gasteiger charge is 2.54.